The van der Waals surface area contributed by atoms with E-state index >= 15 is 0 Å². The first-order chi connectivity index (χ1) is 14.4. The van der Waals surface area contributed by atoms with Gasteiger partial charge in [-0.2, -0.15) is 0 Å². The third-order valence-electron chi connectivity index (χ3n) is 5.83. The van der Waals surface area contributed by atoms with Gasteiger partial charge in [0.1, 0.15) is 0 Å². The molecule has 2 saturated heterocycles. The summed E-state index contributed by atoms with van der Waals surface area (Å²) in [6, 6.07) is 12.8. The van der Waals surface area contributed by atoms with E-state index in [1.54, 1.807) is 17.0 Å². The summed E-state index contributed by atoms with van der Waals surface area (Å²) < 4.78 is 0. The van der Waals surface area contributed by atoms with Gasteiger partial charge in [0, 0.05) is 37.3 Å². The number of nitrogens with zero attached hydrogens (tertiary/aromatic N) is 2. The van der Waals surface area contributed by atoms with Crippen LogP contribution in [0.5, 0.6) is 0 Å². The largest absolute Gasteiger partial charge is 0.370 e. The highest BCUT2D eigenvalue weighted by Gasteiger charge is 2.35. The van der Waals surface area contributed by atoms with Crippen LogP contribution < -0.4 is 20.9 Å². The first-order valence-electron chi connectivity index (χ1n) is 10.3. The zero-order valence-corrected chi connectivity index (χ0v) is 17.1. The molecule has 2 heterocycles. The van der Waals surface area contributed by atoms with E-state index < -0.39 is 11.8 Å². The lowest BCUT2D eigenvalue weighted by Crippen LogP contribution is -2.29. The molecule has 7 nitrogen and oxygen atoms in total. The van der Waals surface area contributed by atoms with E-state index in [2.05, 4.69) is 10.2 Å². The molecule has 2 fully saturated rings. The van der Waals surface area contributed by atoms with Crippen LogP contribution in [0.2, 0.25) is 0 Å². The molecule has 3 N–H and O–H groups in total. The van der Waals surface area contributed by atoms with Crippen LogP contribution in [0.15, 0.2) is 42.5 Å². The molecule has 3 amide bonds. The number of benzene rings is 2. The van der Waals surface area contributed by atoms with Gasteiger partial charge in [-0.1, -0.05) is 17.7 Å². The number of carbonyl (C=O) groups is 3. The van der Waals surface area contributed by atoms with Crippen molar-refractivity contribution in [2.45, 2.75) is 26.2 Å². The van der Waals surface area contributed by atoms with Crippen LogP contribution in [0.25, 0.3) is 0 Å². The Morgan fingerprint density at radius 2 is 1.77 bits per heavy atom. The van der Waals surface area contributed by atoms with Gasteiger partial charge >= 0.3 is 0 Å². The molecule has 1 atom stereocenters. The Hall–Kier alpha value is -3.35. The van der Waals surface area contributed by atoms with Crippen molar-refractivity contribution in [3.8, 4) is 0 Å². The number of hydrogen-bond acceptors (Lipinski definition) is 4. The van der Waals surface area contributed by atoms with Gasteiger partial charge in [-0.25, -0.2) is 0 Å². The molecule has 2 aromatic carbocycles. The van der Waals surface area contributed by atoms with Crippen molar-refractivity contribution in [2.24, 2.45) is 11.7 Å². The Balaban J connectivity index is 1.53. The molecule has 30 heavy (non-hydrogen) atoms. The van der Waals surface area contributed by atoms with E-state index in [9.17, 15) is 14.4 Å². The zero-order valence-electron chi connectivity index (χ0n) is 17.1. The molecular formula is C23H26N4O3. The normalized spacial score (nSPS) is 18.7. The van der Waals surface area contributed by atoms with Gasteiger partial charge in [-0.15, -0.1) is 0 Å². The molecule has 2 aromatic rings. The summed E-state index contributed by atoms with van der Waals surface area (Å²) in [5.74, 6) is -1.28. The van der Waals surface area contributed by atoms with Crippen LogP contribution in [0.3, 0.4) is 0 Å². The van der Waals surface area contributed by atoms with Crippen molar-refractivity contribution in [2.75, 3.05) is 34.8 Å². The molecule has 2 aliphatic rings. The third kappa shape index (κ3) is 4.01. The minimum Gasteiger partial charge on any atom is -0.370 e. The maximum atomic E-state index is 13.0. The Morgan fingerprint density at radius 1 is 1.07 bits per heavy atom. The predicted molar refractivity (Wildman–Crippen MR) is 117 cm³/mol. The summed E-state index contributed by atoms with van der Waals surface area (Å²) in [6.07, 6.45) is 2.34. The molecule has 0 aromatic heterocycles. The fourth-order valence-corrected chi connectivity index (χ4v) is 4.12. The Bertz CT molecular complexity index is 980. The maximum absolute atomic E-state index is 13.0. The van der Waals surface area contributed by atoms with E-state index in [1.165, 1.54) is 0 Å². The average Bonchev–Trinajstić information content (AvgIpc) is 3.38. The number of anilines is 3. The van der Waals surface area contributed by atoms with Crippen LogP contribution >= 0.6 is 0 Å². The lowest BCUT2D eigenvalue weighted by Gasteiger charge is -2.23. The van der Waals surface area contributed by atoms with Crippen molar-refractivity contribution in [1.29, 1.82) is 0 Å². The van der Waals surface area contributed by atoms with Crippen LogP contribution in [-0.4, -0.2) is 37.4 Å². The second-order valence-electron chi connectivity index (χ2n) is 8.02. The first-order valence-corrected chi connectivity index (χ1v) is 10.3. The number of aryl methyl sites for hydroxylation is 1. The molecule has 7 heteroatoms. The van der Waals surface area contributed by atoms with Crippen LogP contribution in [0.4, 0.5) is 17.1 Å². The standard InChI is InChI=1S/C23H26N4O3/c1-15-4-7-18(8-5-15)27-14-17(13-21(27)28)23(30)25-19-12-16(22(24)29)6-9-20(19)26-10-2-3-11-26/h4-9,12,17H,2-3,10-11,13-14H2,1H3,(H2,24,29)(H,25,30)/t17-/m1/s1. The first kappa shape index (κ1) is 19.9. The molecule has 4 rings (SSSR count). The van der Waals surface area contributed by atoms with E-state index in [0.29, 0.717) is 17.8 Å². The van der Waals surface area contributed by atoms with Crippen molar-refractivity contribution in [3.63, 3.8) is 0 Å². The Labute approximate surface area is 175 Å². The van der Waals surface area contributed by atoms with E-state index in [4.69, 9.17) is 5.73 Å². The number of nitrogens with one attached hydrogen (secondary N) is 1. The highest BCUT2D eigenvalue weighted by atomic mass is 16.2. The maximum Gasteiger partial charge on any atom is 0.248 e. The molecular weight excluding hydrogens is 380 g/mol. The third-order valence-corrected chi connectivity index (χ3v) is 5.83. The van der Waals surface area contributed by atoms with E-state index in [1.807, 2.05) is 37.3 Å². The SMILES string of the molecule is Cc1ccc(N2C[C@H](C(=O)Nc3cc(C(N)=O)ccc3N3CCCC3)CC2=O)cc1. The topological polar surface area (TPSA) is 95.7 Å². The highest BCUT2D eigenvalue weighted by Crippen LogP contribution is 2.32. The Morgan fingerprint density at radius 3 is 2.43 bits per heavy atom. The quantitative estimate of drug-likeness (QED) is 0.798. The van der Waals surface area contributed by atoms with E-state index in [-0.39, 0.29) is 18.2 Å². The molecule has 0 bridgehead atoms. The summed E-state index contributed by atoms with van der Waals surface area (Å²) in [4.78, 5) is 41.0. The van der Waals surface area contributed by atoms with Crippen molar-refractivity contribution >= 4 is 34.8 Å². The molecule has 0 radical (unpaired) electrons. The average molecular weight is 406 g/mol. The fraction of sp³-hybridized carbons (Fsp3) is 0.348. The highest BCUT2D eigenvalue weighted by molar-refractivity contribution is 6.05. The smallest absolute Gasteiger partial charge is 0.248 e. The van der Waals surface area contributed by atoms with Gasteiger partial charge in [0.05, 0.1) is 17.3 Å². The van der Waals surface area contributed by atoms with Gasteiger partial charge in [0.2, 0.25) is 17.7 Å². The number of amides is 3. The second-order valence-corrected chi connectivity index (χ2v) is 8.02. The number of rotatable bonds is 5. The lowest BCUT2D eigenvalue weighted by molar-refractivity contribution is -0.122. The number of primary amides is 1. The zero-order chi connectivity index (χ0) is 21.3. The van der Waals surface area contributed by atoms with Crippen LogP contribution in [0.1, 0.15) is 35.2 Å². The van der Waals surface area contributed by atoms with Crippen LogP contribution in [0, 0.1) is 12.8 Å². The van der Waals surface area contributed by atoms with Gasteiger partial charge in [0.25, 0.3) is 0 Å². The van der Waals surface area contributed by atoms with E-state index in [0.717, 1.165) is 42.9 Å². The molecule has 0 spiro atoms. The minimum atomic E-state index is -0.542. The van der Waals surface area contributed by atoms with Gasteiger partial charge in [-0.3, -0.25) is 14.4 Å². The molecule has 0 aliphatic carbocycles. The number of nitrogens with two attached hydrogens (primary N) is 1. The number of hydrogen-bond donors (Lipinski definition) is 2. The summed E-state index contributed by atoms with van der Waals surface area (Å²) >= 11 is 0. The molecule has 0 saturated carbocycles. The molecule has 156 valence electrons. The lowest BCUT2D eigenvalue weighted by atomic mass is 10.1. The van der Waals surface area contributed by atoms with Crippen molar-refractivity contribution < 1.29 is 14.4 Å². The second kappa shape index (κ2) is 8.18. The fourth-order valence-electron chi connectivity index (χ4n) is 4.12. The predicted octanol–water partition coefficient (Wildman–Crippen LogP) is 2.69. The van der Waals surface area contributed by atoms with Crippen LogP contribution in [-0.2, 0) is 9.59 Å². The van der Waals surface area contributed by atoms with Crippen molar-refractivity contribution in [1.82, 2.24) is 0 Å². The summed E-state index contributed by atoms with van der Waals surface area (Å²) in [5, 5.41) is 2.96. The summed E-state index contributed by atoms with van der Waals surface area (Å²) in [5.41, 5.74) is 9.14. The Kier molecular flexibility index (Phi) is 5.44. The van der Waals surface area contributed by atoms with Gasteiger partial charge in [0.15, 0.2) is 0 Å². The van der Waals surface area contributed by atoms with Crippen molar-refractivity contribution in [3.05, 3.63) is 53.6 Å². The summed E-state index contributed by atoms with van der Waals surface area (Å²) in [6.45, 7) is 4.14. The molecule has 0 unspecified atom stereocenters. The monoisotopic (exact) mass is 406 g/mol. The number of carbonyl (C=O) groups excluding carboxylic acids is 3. The van der Waals surface area contributed by atoms with Gasteiger partial charge < -0.3 is 20.9 Å². The summed E-state index contributed by atoms with van der Waals surface area (Å²) in [7, 11) is 0. The molecule has 2 aliphatic heterocycles. The minimum absolute atomic E-state index is 0.0651. The van der Waals surface area contributed by atoms with Gasteiger partial charge in [-0.05, 0) is 50.1 Å².